The van der Waals surface area contributed by atoms with Crippen LogP contribution in [0.25, 0.3) is 10.9 Å². The molecule has 2 aromatic heterocycles. The topological polar surface area (TPSA) is 47.8 Å². The van der Waals surface area contributed by atoms with Crippen LogP contribution in [0, 0.1) is 6.92 Å². The maximum absolute atomic E-state index is 12.4. The third-order valence-electron chi connectivity index (χ3n) is 3.48. The lowest BCUT2D eigenvalue weighted by Crippen LogP contribution is -2.07. The van der Waals surface area contributed by atoms with Crippen molar-refractivity contribution in [2.24, 2.45) is 7.05 Å². The summed E-state index contributed by atoms with van der Waals surface area (Å²) >= 11 is 0. The molecule has 0 saturated carbocycles. The number of nitrogens with zero attached hydrogens (tertiary/aromatic N) is 3. The Hall–Kier alpha value is -2.49. The Kier molecular flexibility index (Phi) is 3.06. The summed E-state index contributed by atoms with van der Waals surface area (Å²) in [6, 6.07) is 9.72. The quantitative estimate of drug-likeness (QED) is 0.684. The molecule has 0 spiro atoms. The minimum atomic E-state index is 0.0775. The van der Waals surface area contributed by atoms with Gasteiger partial charge < -0.3 is 0 Å². The van der Waals surface area contributed by atoms with Crippen molar-refractivity contribution in [1.29, 1.82) is 0 Å². The Morgan fingerprint density at radius 1 is 1.25 bits per heavy atom. The average Bonchev–Trinajstić information content (AvgIpc) is 2.76. The first-order chi connectivity index (χ1) is 9.66. The van der Waals surface area contributed by atoms with Crippen LogP contribution < -0.4 is 0 Å². The summed E-state index contributed by atoms with van der Waals surface area (Å²) < 4.78 is 1.82. The highest BCUT2D eigenvalue weighted by Gasteiger charge is 2.14. The highest BCUT2D eigenvalue weighted by molar-refractivity contribution is 6.00. The fraction of sp³-hybridized carbons (Fsp3) is 0.188. The van der Waals surface area contributed by atoms with Gasteiger partial charge in [-0.1, -0.05) is 18.2 Å². The van der Waals surface area contributed by atoms with Crippen molar-refractivity contribution in [3.05, 3.63) is 59.5 Å². The van der Waals surface area contributed by atoms with Crippen LogP contribution in [-0.2, 0) is 13.5 Å². The SMILES string of the molecule is Cc1cnccc1C(=O)Cc1nn(C)c2ccccc12. The number of benzene rings is 1. The van der Waals surface area contributed by atoms with Crippen molar-refractivity contribution in [1.82, 2.24) is 14.8 Å². The van der Waals surface area contributed by atoms with Crippen LogP contribution >= 0.6 is 0 Å². The lowest BCUT2D eigenvalue weighted by Gasteiger charge is -2.02. The number of hydrogen-bond donors (Lipinski definition) is 0. The monoisotopic (exact) mass is 265 g/mol. The number of fused-ring (bicyclic) bond motifs is 1. The van der Waals surface area contributed by atoms with Gasteiger partial charge in [0, 0.05) is 30.4 Å². The van der Waals surface area contributed by atoms with Gasteiger partial charge in [-0.15, -0.1) is 0 Å². The maximum Gasteiger partial charge on any atom is 0.169 e. The number of pyridine rings is 1. The van der Waals surface area contributed by atoms with Crippen LogP contribution in [0.2, 0.25) is 0 Å². The summed E-state index contributed by atoms with van der Waals surface area (Å²) in [6.45, 7) is 1.90. The van der Waals surface area contributed by atoms with Crippen molar-refractivity contribution < 1.29 is 4.79 Å². The number of rotatable bonds is 3. The van der Waals surface area contributed by atoms with Crippen molar-refractivity contribution >= 4 is 16.7 Å². The van der Waals surface area contributed by atoms with E-state index in [0.29, 0.717) is 6.42 Å². The number of Topliss-reactive ketones (excluding diaryl/α,β-unsaturated/α-hetero) is 1. The number of aryl methyl sites for hydroxylation is 2. The summed E-state index contributed by atoms with van der Waals surface area (Å²) in [6.07, 6.45) is 3.67. The van der Waals surface area contributed by atoms with Gasteiger partial charge in [-0.2, -0.15) is 5.10 Å². The van der Waals surface area contributed by atoms with Gasteiger partial charge in [-0.3, -0.25) is 14.5 Å². The molecule has 100 valence electrons. The van der Waals surface area contributed by atoms with Gasteiger partial charge in [0.2, 0.25) is 0 Å². The van der Waals surface area contributed by atoms with Crippen molar-refractivity contribution in [2.45, 2.75) is 13.3 Å². The third kappa shape index (κ3) is 2.09. The Morgan fingerprint density at radius 3 is 2.85 bits per heavy atom. The van der Waals surface area contributed by atoms with Crippen LogP contribution in [0.1, 0.15) is 21.6 Å². The molecular weight excluding hydrogens is 250 g/mol. The molecule has 3 rings (SSSR count). The second-order valence-corrected chi connectivity index (χ2v) is 4.88. The zero-order valence-electron chi connectivity index (χ0n) is 11.5. The molecular formula is C16H15N3O. The van der Waals surface area contributed by atoms with Crippen LogP contribution in [0.15, 0.2) is 42.7 Å². The highest BCUT2D eigenvalue weighted by Crippen LogP contribution is 2.19. The summed E-state index contributed by atoms with van der Waals surface area (Å²) in [5.41, 5.74) is 3.48. The van der Waals surface area contributed by atoms with Gasteiger partial charge in [0.15, 0.2) is 5.78 Å². The molecule has 4 heteroatoms. The Morgan fingerprint density at radius 2 is 2.05 bits per heavy atom. The Labute approximate surface area is 117 Å². The van der Waals surface area contributed by atoms with Crippen LogP contribution in [0.3, 0.4) is 0 Å². The Balaban J connectivity index is 1.98. The molecule has 0 bridgehead atoms. The zero-order chi connectivity index (χ0) is 14.1. The lowest BCUT2D eigenvalue weighted by atomic mass is 10.0. The smallest absolute Gasteiger partial charge is 0.169 e. The van der Waals surface area contributed by atoms with E-state index in [-0.39, 0.29) is 5.78 Å². The predicted octanol–water partition coefficient (Wildman–Crippen LogP) is 2.70. The second-order valence-electron chi connectivity index (χ2n) is 4.88. The molecule has 0 aliphatic heterocycles. The van der Waals surface area contributed by atoms with Crippen molar-refractivity contribution in [2.75, 3.05) is 0 Å². The summed E-state index contributed by atoms with van der Waals surface area (Å²) in [4.78, 5) is 16.4. The lowest BCUT2D eigenvalue weighted by molar-refractivity contribution is 0.0991. The minimum Gasteiger partial charge on any atom is -0.294 e. The molecule has 0 unspecified atom stereocenters. The van der Waals surface area contributed by atoms with E-state index in [1.165, 1.54) is 0 Å². The molecule has 0 fully saturated rings. The molecule has 0 aliphatic carbocycles. The largest absolute Gasteiger partial charge is 0.294 e. The third-order valence-corrected chi connectivity index (χ3v) is 3.48. The first kappa shape index (κ1) is 12.5. The van der Waals surface area contributed by atoms with Crippen LogP contribution in [0.4, 0.5) is 0 Å². The average molecular weight is 265 g/mol. The normalized spacial score (nSPS) is 10.9. The molecule has 0 radical (unpaired) electrons. The van der Waals surface area contributed by atoms with E-state index in [4.69, 9.17) is 0 Å². The number of ketones is 1. The molecule has 2 heterocycles. The molecule has 3 aromatic rings. The van der Waals surface area contributed by atoms with Crippen molar-refractivity contribution in [3.63, 3.8) is 0 Å². The molecule has 20 heavy (non-hydrogen) atoms. The van der Waals surface area contributed by atoms with Gasteiger partial charge in [-0.05, 0) is 24.6 Å². The molecule has 0 atom stereocenters. The first-order valence-corrected chi connectivity index (χ1v) is 6.51. The van der Waals surface area contributed by atoms with E-state index < -0.39 is 0 Å². The summed E-state index contributed by atoms with van der Waals surface area (Å²) in [5.74, 6) is 0.0775. The number of hydrogen-bond acceptors (Lipinski definition) is 3. The number of carbonyl (C=O) groups is 1. The van der Waals surface area contributed by atoms with E-state index in [1.54, 1.807) is 18.5 Å². The maximum atomic E-state index is 12.4. The zero-order valence-corrected chi connectivity index (χ0v) is 11.5. The van der Waals surface area contributed by atoms with Crippen molar-refractivity contribution in [3.8, 4) is 0 Å². The van der Waals surface area contributed by atoms with Gasteiger partial charge in [0.1, 0.15) is 0 Å². The summed E-state index contributed by atoms with van der Waals surface area (Å²) in [7, 11) is 1.90. The minimum absolute atomic E-state index is 0.0775. The molecule has 0 amide bonds. The Bertz CT molecular complexity index is 789. The molecule has 1 aromatic carbocycles. The van der Waals surface area contributed by atoms with Crippen LogP contribution in [0.5, 0.6) is 0 Å². The van der Waals surface area contributed by atoms with E-state index in [0.717, 1.165) is 27.7 Å². The molecule has 0 N–H and O–H groups in total. The standard InChI is InChI=1S/C16H15N3O/c1-11-10-17-8-7-12(11)16(20)9-14-13-5-3-4-6-15(13)19(2)18-14/h3-8,10H,9H2,1-2H3. The molecule has 4 nitrogen and oxygen atoms in total. The molecule has 0 aliphatic rings. The predicted molar refractivity (Wildman–Crippen MR) is 77.7 cm³/mol. The van der Waals surface area contributed by atoms with Crippen LogP contribution in [-0.4, -0.2) is 20.5 Å². The van der Waals surface area contributed by atoms with Gasteiger partial charge in [0.25, 0.3) is 0 Å². The van der Waals surface area contributed by atoms with Gasteiger partial charge in [0.05, 0.1) is 17.6 Å². The highest BCUT2D eigenvalue weighted by atomic mass is 16.1. The fourth-order valence-corrected chi connectivity index (χ4v) is 2.45. The van der Waals surface area contributed by atoms with E-state index in [2.05, 4.69) is 10.1 Å². The summed E-state index contributed by atoms with van der Waals surface area (Å²) in [5, 5.41) is 5.50. The molecule has 0 saturated heterocycles. The van der Waals surface area contributed by atoms with E-state index in [9.17, 15) is 4.79 Å². The second kappa shape index (κ2) is 4.89. The van der Waals surface area contributed by atoms with E-state index >= 15 is 0 Å². The van der Waals surface area contributed by atoms with E-state index in [1.807, 2.05) is 42.9 Å². The number of para-hydroxylation sites is 1. The first-order valence-electron chi connectivity index (χ1n) is 6.51. The van der Waals surface area contributed by atoms with Gasteiger partial charge >= 0.3 is 0 Å². The number of aromatic nitrogens is 3. The fourth-order valence-electron chi connectivity index (χ4n) is 2.45. The van der Waals surface area contributed by atoms with Gasteiger partial charge in [-0.25, -0.2) is 0 Å². The number of carbonyl (C=O) groups excluding carboxylic acids is 1.